The van der Waals surface area contributed by atoms with E-state index in [4.69, 9.17) is 15.2 Å². The molecule has 1 fully saturated rings. The minimum atomic E-state index is -0.576. The zero-order valence-electron chi connectivity index (χ0n) is 14.5. The molecule has 0 atom stereocenters. The minimum Gasteiger partial charge on any atom is -0.493 e. The lowest BCUT2D eigenvalue weighted by Gasteiger charge is -2.10. The van der Waals surface area contributed by atoms with Crippen molar-refractivity contribution in [2.45, 2.75) is 0 Å². The third kappa shape index (κ3) is 4.89. The second-order valence-electron chi connectivity index (χ2n) is 5.48. The molecule has 1 heterocycles. The number of amides is 2. The number of aliphatic imine (C=N–C) groups is 1. The molecule has 0 unspecified atom stereocenters. The predicted molar refractivity (Wildman–Crippen MR) is 105 cm³/mol. The Kier molecular flexibility index (Phi) is 5.77. The van der Waals surface area contributed by atoms with Crippen LogP contribution in [-0.2, 0) is 9.59 Å². The summed E-state index contributed by atoms with van der Waals surface area (Å²) < 4.78 is 10.6. The van der Waals surface area contributed by atoms with E-state index in [0.29, 0.717) is 21.6 Å². The highest BCUT2D eigenvalue weighted by Gasteiger charge is 2.24. The molecular weight excluding hydrogens is 366 g/mol. The highest BCUT2D eigenvalue weighted by molar-refractivity contribution is 8.18. The first kappa shape index (κ1) is 18.5. The molecule has 2 aromatic rings. The summed E-state index contributed by atoms with van der Waals surface area (Å²) in [6.45, 7) is -0.242. The van der Waals surface area contributed by atoms with Crippen LogP contribution < -0.4 is 20.5 Å². The molecule has 0 radical (unpaired) electrons. The number of amidine groups is 1. The molecule has 0 spiro atoms. The highest BCUT2D eigenvalue weighted by Crippen LogP contribution is 2.32. The maximum Gasteiger partial charge on any atom is 0.264 e. The fourth-order valence-electron chi connectivity index (χ4n) is 2.29. The molecular formula is C19H17N3O4S. The van der Waals surface area contributed by atoms with Gasteiger partial charge in [0.2, 0.25) is 0 Å². The Balaban J connectivity index is 1.79. The lowest BCUT2D eigenvalue weighted by atomic mass is 10.2. The number of primary amides is 1. The Morgan fingerprint density at radius 3 is 2.70 bits per heavy atom. The smallest absolute Gasteiger partial charge is 0.264 e. The Bertz CT molecular complexity index is 926. The van der Waals surface area contributed by atoms with Gasteiger partial charge in [0.05, 0.1) is 17.7 Å². The second kappa shape index (κ2) is 8.41. The lowest BCUT2D eigenvalue weighted by Crippen LogP contribution is -2.20. The Morgan fingerprint density at radius 1 is 1.22 bits per heavy atom. The van der Waals surface area contributed by atoms with Gasteiger partial charge < -0.3 is 20.5 Å². The molecule has 138 valence electrons. The number of hydrogen-bond donors (Lipinski definition) is 2. The van der Waals surface area contributed by atoms with Crippen molar-refractivity contribution in [2.24, 2.45) is 10.7 Å². The van der Waals surface area contributed by atoms with Gasteiger partial charge in [0.15, 0.2) is 23.3 Å². The van der Waals surface area contributed by atoms with E-state index in [0.717, 1.165) is 11.3 Å². The van der Waals surface area contributed by atoms with Crippen LogP contribution >= 0.6 is 11.8 Å². The lowest BCUT2D eigenvalue weighted by molar-refractivity contribution is -0.120. The van der Waals surface area contributed by atoms with Crippen molar-refractivity contribution in [3.8, 4) is 11.5 Å². The van der Waals surface area contributed by atoms with Gasteiger partial charge in [-0.05, 0) is 47.7 Å². The van der Waals surface area contributed by atoms with Gasteiger partial charge in [-0.1, -0.05) is 24.3 Å². The molecule has 27 heavy (non-hydrogen) atoms. The monoisotopic (exact) mass is 383 g/mol. The summed E-state index contributed by atoms with van der Waals surface area (Å²) in [5, 5.41) is 3.26. The Labute approximate surface area is 160 Å². The number of rotatable bonds is 6. The second-order valence-corrected chi connectivity index (χ2v) is 6.51. The van der Waals surface area contributed by atoms with Crippen molar-refractivity contribution in [2.75, 3.05) is 13.7 Å². The minimum absolute atomic E-state index is 0.220. The molecule has 8 heteroatoms. The average molecular weight is 383 g/mol. The molecule has 2 aromatic carbocycles. The van der Waals surface area contributed by atoms with Gasteiger partial charge in [-0.2, -0.15) is 0 Å². The number of ether oxygens (including phenoxy) is 2. The number of nitrogens with zero attached hydrogens (tertiary/aromatic N) is 1. The number of carbonyl (C=O) groups is 2. The van der Waals surface area contributed by atoms with Gasteiger partial charge in [-0.3, -0.25) is 9.59 Å². The van der Waals surface area contributed by atoms with Crippen molar-refractivity contribution in [3.05, 3.63) is 59.0 Å². The first-order valence-electron chi connectivity index (χ1n) is 7.99. The van der Waals surface area contributed by atoms with E-state index in [1.165, 1.54) is 18.9 Å². The number of carbonyl (C=O) groups excluding carboxylic acids is 2. The first-order chi connectivity index (χ1) is 13.0. The molecule has 1 aliphatic heterocycles. The summed E-state index contributed by atoms with van der Waals surface area (Å²) in [5.74, 6) is 0.0377. The summed E-state index contributed by atoms with van der Waals surface area (Å²) in [4.78, 5) is 28.0. The van der Waals surface area contributed by atoms with E-state index in [1.807, 2.05) is 30.3 Å². The van der Waals surface area contributed by atoms with Crippen LogP contribution in [0, 0.1) is 0 Å². The number of nitrogens with two attached hydrogens (primary N) is 1. The molecule has 0 bridgehead atoms. The van der Waals surface area contributed by atoms with Gasteiger partial charge in [-0.25, -0.2) is 4.99 Å². The Hall–Kier alpha value is -3.26. The zero-order chi connectivity index (χ0) is 19.2. The predicted octanol–water partition coefficient (Wildman–Crippen LogP) is 2.45. The fraction of sp³-hybridized carbons (Fsp3) is 0.105. The van der Waals surface area contributed by atoms with Crippen LogP contribution in [0.15, 0.2) is 58.4 Å². The molecule has 3 N–H and O–H groups in total. The summed E-state index contributed by atoms with van der Waals surface area (Å²) in [6.07, 6.45) is 1.73. The van der Waals surface area contributed by atoms with Crippen LogP contribution in [0.3, 0.4) is 0 Å². The van der Waals surface area contributed by atoms with E-state index in [9.17, 15) is 9.59 Å². The maximum absolute atomic E-state index is 12.2. The average Bonchev–Trinajstić information content (AvgIpc) is 3.00. The van der Waals surface area contributed by atoms with Gasteiger partial charge in [0.1, 0.15) is 0 Å². The normalized spacial score (nSPS) is 16.4. The van der Waals surface area contributed by atoms with E-state index < -0.39 is 5.91 Å². The molecule has 7 nitrogen and oxygen atoms in total. The zero-order valence-corrected chi connectivity index (χ0v) is 15.3. The van der Waals surface area contributed by atoms with Crippen molar-refractivity contribution in [1.82, 2.24) is 5.32 Å². The number of para-hydroxylation sites is 1. The summed E-state index contributed by atoms with van der Waals surface area (Å²) in [6, 6.07) is 14.5. The van der Waals surface area contributed by atoms with Crippen molar-refractivity contribution in [3.63, 3.8) is 0 Å². The van der Waals surface area contributed by atoms with Crippen LogP contribution in [0.4, 0.5) is 5.69 Å². The van der Waals surface area contributed by atoms with Gasteiger partial charge in [-0.15, -0.1) is 0 Å². The third-order valence-electron chi connectivity index (χ3n) is 3.49. The van der Waals surface area contributed by atoms with Crippen LogP contribution in [0.2, 0.25) is 0 Å². The third-order valence-corrected chi connectivity index (χ3v) is 4.40. The number of hydrogen-bond acceptors (Lipinski definition) is 6. The SMILES string of the molecule is COc1cc(/C=C2/SC(=Nc3ccccc3)NC2=O)ccc1OCC(N)=O. The van der Waals surface area contributed by atoms with E-state index in [-0.39, 0.29) is 12.5 Å². The molecule has 0 saturated carbocycles. The quantitative estimate of drug-likeness (QED) is 0.746. The fourth-order valence-corrected chi connectivity index (χ4v) is 3.14. The summed E-state index contributed by atoms with van der Waals surface area (Å²) in [5.41, 5.74) is 6.59. The van der Waals surface area contributed by atoms with Crippen LogP contribution in [0.1, 0.15) is 5.56 Å². The van der Waals surface area contributed by atoms with Crippen LogP contribution in [0.25, 0.3) is 6.08 Å². The number of nitrogens with one attached hydrogen (secondary N) is 1. The first-order valence-corrected chi connectivity index (χ1v) is 8.80. The standard InChI is InChI=1S/C19H17N3O4S/c1-25-15-9-12(7-8-14(15)26-11-17(20)23)10-16-18(24)22-19(27-16)21-13-5-3-2-4-6-13/h2-10H,11H2,1H3,(H2,20,23)(H,21,22,24)/b16-10+. The molecule has 2 amide bonds. The molecule has 1 aliphatic rings. The molecule has 0 aromatic heterocycles. The van der Waals surface area contributed by atoms with Gasteiger partial charge in [0, 0.05) is 0 Å². The molecule has 1 saturated heterocycles. The van der Waals surface area contributed by atoms with Crippen molar-refractivity contribution in [1.29, 1.82) is 0 Å². The van der Waals surface area contributed by atoms with Crippen molar-refractivity contribution < 1.29 is 19.1 Å². The van der Waals surface area contributed by atoms with E-state index in [1.54, 1.807) is 24.3 Å². The van der Waals surface area contributed by atoms with Crippen LogP contribution in [0.5, 0.6) is 11.5 Å². The number of thioether (sulfide) groups is 1. The van der Waals surface area contributed by atoms with Gasteiger partial charge in [0.25, 0.3) is 11.8 Å². The summed E-state index contributed by atoms with van der Waals surface area (Å²) in [7, 11) is 1.49. The maximum atomic E-state index is 12.2. The molecule has 3 rings (SSSR count). The van der Waals surface area contributed by atoms with E-state index >= 15 is 0 Å². The van der Waals surface area contributed by atoms with Crippen LogP contribution in [-0.4, -0.2) is 30.7 Å². The molecule has 0 aliphatic carbocycles. The number of benzene rings is 2. The Morgan fingerprint density at radius 2 is 2.00 bits per heavy atom. The van der Waals surface area contributed by atoms with E-state index in [2.05, 4.69) is 10.3 Å². The van der Waals surface area contributed by atoms with Crippen molar-refractivity contribution >= 4 is 40.5 Å². The largest absolute Gasteiger partial charge is 0.493 e. The topological polar surface area (TPSA) is 103 Å². The summed E-state index contributed by atoms with van der Waals surface area (Å²) >= 11 is 1.26. The number of methoxy groups -OCH3 is 1. The van der Waals surface area contributed by atoms with Gasteiger partial charge >= 0.3 is 0 Å². The highest BCUT2D eigenvalue weighted by atomic mass is 32.2.